The van der Waals surface area contributed by atoms with E-state index in [1.54, 1.807) is 55.5 Å². The number of carboxylic acids is 5. The number of aromatic nitrogens is 4. The highest BCUT2D eigenvalue weighted by atomic mass is 35.5. The Morgan fingerprint density at radius 2 is 0.981 bits per heavy atom. The van der Waals surface area contributed by atoms with Crippen LogP contribution in [0.5, 0.6) is 29.0 Å². The van der Waals surface area contributed by atoms with Crippen LogP contribution in [0.3, 0.4) is 0 Å². The minimum atomic E-state index is -1.06. The van der Waals surface area contributed by atoms with Gasteiger partial charge in [0.05, 0.1) is 29.4 Å². The molecule has 22 nitrogen and oxygen atoms in total. The molecule has 0 aliphatic heterocycles. The number of allylic oxidation sites excluding steroid dienone is 10. The van der Waals surface area contributed by atoms with Crippen LogP contribution in [0.15, 0.2) is 152 Å². The molecule has 560 valence electrons. The van der Waals surface area contributed by atoms with Crippen LogP contribution in [0, 0.1) is 19.3 Å². The standard InChI is InChI=1S/C18H20O3.C16H22N2O4.C16H20O5.2C15H18ClNO3/c1-2-14-9-6-10-16(13-14)21-17(18(19)20)12-11-15-7-4-3-5-8-15;1-2-12-14(19)17-10-18-15(12)22-13(16(20)21)9-8-11-6-4-3-5-7-11;1-11-15(13(17)9-10-20-11)21-14(16(18)19)8-7-12-5-3-2-4-6-12;16-13-7-4-8-14(17-13)20-12(15(18)19)10-9-11-5-2-1-3-6-11;16-12-8-13(10-17-9-12)20-14(15(18)19)7-6-11-4-2-1-3-5-11/h1,6-7,9-10,13,17H,3-5,8,11-12H2,(H,19,20);6,10,13H,2-5,7-9H2,1H3,(H,20,21)(H,17,18,19);5,9-10,14H,2-4,6-8H2,1H3,(H,18,19);4-5,7-8,12H,1-3,6,9-10H2,(H,18,19);4,8-10,14H,1-3,5-7H2,(H,18,19). The Morgan fingerprint density at radius 3 is 1.38 bits per heavy atom. The Labute approximate surface area is 617 Å². The zero-order valence-corrected chi connectivity index (χ0v) is 60.9. The minimum absolute atomic E-state index is 0.0116. The predicted octanol–water partition coefficient (Wildman–Crippen LogP) is 17.0. The van der Waals surface area contributed by atoms with E-state index in [4.69, 9.17) is 57.7 Å². The van der Waals surface area contributed by atoms with Gasteiger partial charge in [0.1, 0.15) is 22.4 Å². The number of halogens is 2. The molecule has 24 heteroatoms. The maximum absolute atomic E-state index is 11.7. The zero-order valence-electron chi connectivity index (χ0n) is 59.4. The lowest BCUT2D eigenvalue weighted by Gasteiger charge is -2.18. The summed E-state index contributed by atoms with van der Waals surface area (Å²) in [5, 5.41) is 47.1. The van der Waals surface area contributed by atoms with Crippen molar-refractivity contribution in [2.24, 2.45) is 0 Å². The number of rotatable bonds is 31. The Bertz CT molecular complexity index is 3830. The van der Waals surface area contributed by atoms with E-state index >= 15 is 0 Å². The van der Waals surface area contributed by atoms with Gasteiger partial charge in [0.15, 0.2) is 30.5 Å². The first-order valence-electron chi connectivity index (χ1n) is 36.0. The second kappa shape index (κ2) is 46.3. The Kier molecular flexibility index (Phi) is 37.2. The lowest BCUT2D eigenvalue weighted by atomic mass is 9.95. The molecule has 0 amide bonds. The lowest BCUT2D eigenvalue weighted by molar-refractivity contribution is -0.146. The van der Waals surface area contributed by atoms with E-state index < -0.39 is 60.4 Å². The number of H-pyrrole nitrogens is 1. The zero-order chi connectivity index (χ0) is 75.0. The number of carbonyl (C=O) groups is 5. The fourth-order valence-electron chi connectivity index (χ4n) is 12.2. The van der Waals surface area contributed by atoms with E-state index in [0.29, 0.717) is 89.9 Å². The highest BCUT2D eigenvalue weighted by molar-refractivity contribution is 6.30. The number of pyridine rings is 2. The number of ether oxygens (including phenoxy) is 5. The molecule has 104 heavy (non-hydrogen) atoms. The SMILES string of the molecule is C#Cc1cccc(OC(CCC2=CCCCC2)C(=O)O)c1.CCc1c(OC(CCC2=CCCCC2)C(=O)O)nc[nH]c1=O.Cc1occc(=O)c1OC(CCC1=CCCCC1)C(=O)O.O=C(O)C(CCC1=CCCCC1)Oc1cccc(Cl)n1.O=C(O)C(CCC1=CCCCC1)Oc1cncc(Cl)c1. The van der Waals surface area contributed by atoms with Crippen molar-refractivity contribution in [1.82, 2.24) is 19.9 Å². The van der Waals surface area contributed by atoms with Gasteiger partial charge in [-0.05, 0) is 230 Å². The third-order valence-corrected chi connectivity index (χ3v) is 18.3. The molecule has 0 radical (unpaired) electrons. The summed E-state index contributed by atoms with van der Waals surface area (Å²) in [5.74, 6) is -0.870. The summed E-state index contributed by atoms with van der Waals surface area (Å²) < 4.78 is 32.5. The van der Waals surface area contributed by atoms with Gasteiger partial charge >= 0.3 is 29.8 Å². The first-order valence-corrected chi connectivity index (χ1v) is 36.8. The molecule has 5 atom stereocenters. The molecule has 1 aromatic carbocycles. The van der Waals surface area contributed by atoms with E-state index in [-0.39, 0.29) is 28.5 Å². The molecular weight excluding hydrogens is 1380 g/mol. The monoisotopic (exact) mass is 1470 g/mol. The molecule has 0 bridgehead atoms. The van der Waals surface area contributed by atoms with Crippen molar-refractivity contribution in [2.75, 3.05) is 0 Å². The van der Waals surface area contributed by atoms with Crippen LogP contribution < -0.4 is 34.7 Å². The number of terminal acetylenes is 1. The van der Waals surface area contributed by atoms with Gasteiger partial charge in [0.2, 0.25) is 22.9 Å². The number of hydrogen-bond donors (Lipinski definition) is 6. The molecule has 5 aliphatic rings. The van der Waals surface area contributed by atoms with Crippen LogP contribution in [0.1, 0.15) is 216 Å². The Balaban J connectivity index is 0.000000204. The number of benzene rings is 1. The van der Waals surface area contributed by atoms with Gasteiger partial charge in [-0.2, -0.15) is 0 Å². The second-order valence-corrected chi connectivity index (χ2v) is 26.6. The minimum Gasteiger partial charge on any atom is -0.479 e. The highest BCUT2D eigenvalue weighted by Gasteiger charge is 2.27. The van der Waals surface area contributed by atoms with Gasteiger partial charge in [-0.25, -0.2) is 33.9 Å². The van der Waals surface area contributed by atoms with E-state index in [1.807, 2.05) is 6.92 Å². The number of nitrogens with one attached hydrogen (secondary N) is 1. The average molecular weight is 1470 g/mol. The number of aromatic amines is 1. The first-order chi connectivity index (χ1) is 50.2. The first kappa shape index (κ1) is 83.5. The number of carboxylic acid groups (broad SMARTS) is 5. The van der Waals surface area contributed by atoms with E-state index in [9.17, 15) is 59.1 Å². The summed E-state index contributed by atoms with van der Waals surface area (Å²) in [4.78, 5) is 94.3. The fraction of sp³-hybridized carbons (Fsp3) is 0.475. The van der Waals surface area contributed by atoms with Crippen molar-refractivity contribution < 1.29 is 77.6 Å². The molecule has 0 saturated heterocycles. The molecule has 10 rings (SSSR count). The molecule has 5 unspecified atom stereocenters. The normalized spacial score (nSPS) is 16.1. The van der Waals surface area contributed by atoms with Crippen LogP contribution in [0.2, 0.25) is 10.2 Å². The second-order valence-electron chi connectivity index (χ2n) is 25.8. The quantitative estimate of drug-likeness (QED) is 0.0136. The van der Waals surface area contributed by atoms with Crippen molar-refractivity contribution >= 4 is 53.0 Å². The Morgan fingerprint density at radius 1 is 0.548 bits per heavy atom. The predicted molar refractivity (Wildman–Crippen MR) is 396 cm³/mol. The number of nitrogens with zero attached hydrogens (tertiary/aromatic N) is 3. The molecule has 0 spiro atoms. The third kappa shape index (κ3) is 31.2. The van der Waals surface area contributed by atoms with Gasteiger partial charge in [0.25, 0.3) is 5.56 Å². The number of hydrogen-bond acceptors (Lipinski definition) is 16. The number of aliphatic carboxylic acids is 5. The summed E-state index contributed by atoms with van der Waals surface area (Å²) in [6, 6.07) is 14.7. The topological polar surface area (TPSA) is 334 Å². The summed E-state index contributed by atoms with van der Waals surface area (Å²) >= 11 is 11.6. The molecule has 5 aromatic rings. The van der Waals surface area contributed by atoms with Crippen molar-refractivity contribution in [2.45, 2.75) is 243 Å². The van der Waals surface area contributed by atoms with Crippen molar-refractivity contribution in [3.8, 4) is 41.4 Å². The van der Waals surface area contributed by atoms with Crippen molar-refractivity contribution in [3.05, 3.63) is 185 Å². The molecule has 0 fully saturated rings. The highest BCUT2D eigenvalue weighted by Crippen LogP contribution is 2.30. The van der Waals surface area contributed by atoms with E-state index in [2.05, 4.69) is 56.2 Å². The summed E-state index contributed by atoms with van der Waals surface area (Å²) in [7, 11) is 0. The van der Waals surface area contributed by atoms with Gasteiger partial charge in [-0.15, -0.1) is 6.42 Å². The van der Waals surface area contributed by atoms with Crippen LogP contribution in [-0.2, 0) is 30.4 Å². The summed E-state index contributed by atoms with van der Waals surface area (Å²) in [5.41, 5.74) is 7.04. The van der Waals surface area contributed by atoms with Crippen LogP contribution >= 0.6 is 23.2 Å². The summed E-state index contributed by atoms with van der Waals surface area (Å²) in [6.45, 7) is 3.39. The van der Waals surface area contributed by atoms with Crippen LogP contribution in [0.25, 0.3) is 0 Å². The molecule has 6 N–H and O–H groups in total. The smallest absolute Gasteiger partial charge is 0.344 e. The summed E-state index contributed by atoms with van der Waals surface area (Å²) in [6.07, 6.45) is 46.4. The van der Waals surface area contributed by atoms with Crippen molar-refractivity contribution in [3.63, 3.8) is 0 Å². The molecular formula is C80H98Cl2N4O18. The van der Waals surface area contributed by atoms with Gasteiger partial charge in [-0.3, -0.25) is 14.6 Å². The average Bonchev–Trinajstić information content (AvgIpc) is 0.896. The molecule has 5 aliphatic carbocycles. The van der Waals surface area contributed by atoms with Gasteiger partial charge < -0.3 is 58.6 Å². The van der Waals surface area contributed by atoms with E-state index in [1.165, 1.54) is 117 Å². The molecule has 0 saturated carbocycles. The lowest BCUT2D eigenvalue weighted by Crippen LogP contribution is -2.29. The largest absolute Gasteiger partial charge is 0.479 e. The molecule has 4 aromatic heterocycles. The van der Waals surface area contributed by atoms with Crippen molar-refractivity contribution in [1.29, 1.82) is 0 Å². The van der Waals surface area contributed by atoms with Gasteiger partial charge in [-0.1, -0.05) is 106 Å². The van der Waals surface area contributed by atoms with Gasteiger partial charge in [0, 0.05) is 30.0 Å². The third-order valence-electron chi connectivity index (χ3n) is 17.9. The van der Waals surface area contributed by atoms with E-state index in [0.717, 1.165) is 89.9 Å². The molecule has 4 heterocycles. The fourth-order valence-corrected chi connectivity index (χ4v) is 12.5. The maximum atomic E-state index is 11.7. The van der Waals surface area contributed by atoms with Crippen LogP contribution in [-0.4, -0.2) is 106 Å². The number of aryl methyl sites for hydroxylation is 1. The Hall–Kier alpha value is -9.46. The van der Waals surface area contributed by atoms with Crippen LogP contribution in [0.4, 0.5) is 0 Å². The maximum Gasteiger partial charge on any atom is 0.344 e.